The molecule has 18 heavy (non-hydrogen) atoms. The van der Waals surface area contributed by atoms with E-state index in [9.17, 15) is 9.18 Å². The molecule has 0 radical (unpaired) electrons. The molecule has 0 aromatic carbocycles. The van der Waals surface area contributed by atoms with Gasteiger partial charge in [0.15, 0.2) is 0 Å². The van der Waals surface area contributed by atoms with Gasteiger partial charge in [0.05, 0.1) is 18.5 Å². The van der Waals surface area contributed by atoms with Crippen LogP contribution < -0.4 is 0 Å². The van der Waals surface area contributed by atoms with Gasteiger partial charge in [0.2, 0.25) is 0 Å². The van der Waals surface area contributed by atoms with Crippen LogP contribution in [0, 0.1) is 0 Å². The second-order valence-electron chi connectivity index (χ2n) is 4.49. The molecule has 108 valence electrons. The van der Waals surface area contributed by atoms with Gasteiger partial charge in [-0.15, -0.1) is 11.8 Å². The summed E-state index contributed by atoms with van der Waals surface area (Å²) in [7, 11) is 0. The summed E-state index contributed by atoms with van der Waals surface area (Å²) in [6.07, 6.45) is 6.99. The number of unbranched alkanes of at least 4 members (excludes halogenated alkanes) is 5. The molecule has 4 heteroatoms. The highest BCUT2D eigenvalue weighted by molar-refractivity contribution is 8.00. The van der Waals surface area contributed by atoms with E-state index in [1.807, 2.05) is 6.92 Å². The number of esters is 1. The van der Waals surface area contributed by atoms with Crippen molar-refractivity contribution < 1.29 is 13.9 Å². The predicted molar refractivity (Wildman–Crippen MR) is 76.8 cm³/mol. The van der Waals surface area contributed by atoms with Gasteiger partial charge >= 0.3 is 5.97 Å². The normalized spacial score (nSPS) is 12.4. The molecular weight excluding hydrogens is 251 g/mol. The Morgan fingerprint density at radius 1 is 1.17 bits per heavy atom. The van der Waals surface area contributed by atoms with Gasteiger partial charge in [0.1, 0.15) is 0 Å². The maximum Gasteiger partial charge on any atom is 0.318 e. The van der Waals surface area contributed by atoms with Crippen molar-refractivity contribution >= 4 is 17.7 Å². The number of rotatable bonds is 12. The Hall–Kier alpha value is -0.250. The quantitative estimate of drug-likeness (QED) is 0.391. The molecule has 0 spiro atoms. The summed E-state index contributed by atoms with van der Waals surface area (Å²) >= 11 is 1.66. The van der Waals surface area contributed by atoms with Crippen LogP contribution in [0.3, 0.4) is 0 Å². The molecule has 0 bridgehead atoms. The summed E-state index contributed by atoms with van der Waals surface area (Å²) in [5, 5.41) is -0.0623. The van der Waals surface area contributed by atoms with Gasteiger partial charge in [-0.2, -0.15) is 0 Å². The van der Waals surface area contributed by atoms with Crippen LogP contribution in [-0.2, 0) is 9.53 Å². The summed E-state index contributed by atoms with van der Waals surface area (Å²) in [5.41, 5.74) is 0. The minimum atomic E-state index is -0.199. The van der Waals surface area contributed by atoms with Crippen LogP contribution in [0.5, 0.6) is 0 Å². The molecule has 0 saturated carbocycles. The number of thioether (sulfide) groups is 1. The zero-order valence-electron chi connectivity index (χ0n) is 11.8. The molecule has 0 aromatic rings. The van der Waals surface area contributed by atoms with Gasteiger partial charge < -0.3 is 4.74 Å². The predicted octanol–water partition coefficient (Wildman–Crippen LogP) is 4.37. The minimum absolute atomic E-state index is 0.0623. The van der Waals surface area contributed by atoms with Crippen LogP contribution in [0.15, 0.2) is 0 Å². The summed E-state index contributed by atoms with van der Waals surface area (Å²) in [6, 6.07) is 0. The molecule has 0 aromatic heterocycles. The van der Waals surface area contributed by atoms with Gasteiger partial charge in [-0.25, -0.2) is 0 Å². The molecule has 0 N–H and O–H groups in total. The second-order valence-corrected chi connectivity index (χ2v) is 5.94. The fourth-order valence-electron chi connectivity index (χ4n) is 1.49. The van der Waals surface area contributed by atoms with E-state index in [1.54, 1.807) is 11.8 Å². The van der Waals surface area contributed by atoms with Crippen LogP contribution in [0.1, 0.15) is 58.8 Å². The number of carbonyl (C=O) groups is 1. The molecule has 1 atom stereocenters. The lowest BCUT2D eigenvalue weighted by atomic mass is 10.2. The smallest absolute Gasteiger partial charge is 0.318 e. The van der Waals surface area contributed by atoms with Crippen LogP contribution in [-0.4, -0.2) is 30.3 Å². The highest BCUT2D eigenvalue weighted by atomic mass is 32.2. The van der Waals surface area contributed by atoms with Gasteiger partial charge in [0, 0.05) is 0 Å². The van der Waals surface area contributed by atoms with E-state index in [1.165, 1.54) is 0 Å². The molecule has 0 amide bonds. The highest BCUT2D eigenvalue weighted by Crippen LogP contribution is 2.15. The average molecular weight is 278 g/mol. The topological polar surface area (TPSA) is 26.3 Å². The second kappa shape index (κ2) is 13.2. The first-order valence-electron chi connectivity index (χ1n) is 7.06. The average Bonchev–Trinajstić information content (AvgIpc) is 2.37. The Bertz CT molecular complexity index is 200. The first-order chi connectivity index (χ1) is 8.72. The molecule has 0 aliphatic rings. The highest BCUT2D eigenvalue weighted by Gasteiger charge is 2.13. The molecule has 0 fully saturated rings. The van der Waals surface area contributed by atoms with Gasteiger partial charge in [-0.3, -0.25) is 9.18 Å². The van der Waals surface area contributed by atoms with E-state index in [-0.39, 0.29) is 17.9 Å². The number of halogens is 1. The molecule has 0 rings (SSSR count). The van der Waals surface area contributed by atoms with Crippen molar-refractivity contribution in [3.63, 3.8) is 0 Å². The van der Waals surface area contributed by atoms with Crippen molar-refractivity contribution in [3.05, 3.63) is 0 Å². The summed E-state index contributed by atoms with van der Waals surface area (Å²) in [6.45, 7) is 4.33. The lowest BCUT2D eigenvalue weighted by Crippen LogP contribution is -2.18. The molecule has 0 aliphatic carbocycles. The minimum Gasteiger partial charge on any atom is -0.465 e. The Morgan fingerprint density at radius 3 is 2.50 bits per heavy atom. The van der Waals surface area contributed by atoms with Crippen LogP contribution in [0.4, 0.5) is 4.39 Å². The van der Waals surface area contributed by atoms with Gasteiger partial charge in [0.25, 0.3) is 0 Å². The fourth-order valence-corrected chi connectivity index (χ4v) is 2.42. The monoisotopic (exact) mass is 278 g/mol. The molecule has 2 nitrogen and oxygen atoms in total. The molecule has 0 heterocycles. The largest absolute Gasteiger partial charge is 0.465 e. The first kappa shape index (κ1) is 17.8. The maximum atomic E-state index is 11.8. The molecule has 1 unspecified atom stereocenters. The van der Waals surface area contributed by atoms with Crippen LogP contribution in [0.25, 0.3) is 0 Å². The van der Waals surface area contributed by atoms with Crippen molar-refractivity contribution in [2.75, 3.05) is 19.0 Å². The summed E-state index contributed by atoms with van der Waals surface area (Å²) in [4.78, 5) is 11.5. The fraction of sp³-hybridized carbons (Fsp3) is 0.929. The number of hydrogen-bond acceptors (Lipinski definition) is 3. The molecular formula is C14H27FO2S. The Balaban J connectivity index is 3.34. The van der Waals surface area contributed by atoms with Crippen molar-refractivity contribution in [3.8, 4) is 0 Å². The van der Waals surface area contributed by atoms with Crippen molar-refractivity contribution in [1.82, 2.24) is 0 Å². The number of alkyl halides is 1. The zero-order chi connectivity index (χ0) is 13.6. The summed E-state index contributed by atoms with van der Waals surface area (Å²) in [5.74, 6) is 0.894. The Kier molecular flexibility index (Phi) is 13.0. The van der Waals surface area contributed by atoms with E-state index in [0.717, 1.165) is 44.3 Å². The van der Waals surface area contributed by atoms with E-state index >= 15 is 0 Å². The SMILES string of the molecule is CCCCOC(=O)C(C)SCCCCCCCF. The molecule has 0 aliphatic heterocycles. The first-order valence-corrected chi connectivity index (χ1v) is 8.11. The van der Waals surface area contributed by atoms with Gasteiger partial charge in [-0.05, 0) is 31.9 Å². The Morgan fingerprint density at radius 2 is 1.83 bits per heavy atom. The maximum absolute atomic E-state index is 11.8. The van der Waals surface area contributed by atoms with E-state index in [0.29, 0.717) is 13.0 Å². The van der Waals surface area contributed by atoms with Crippen LogP contribution >= 0.6 is 11.8 Å². The third-order valence-electron chi connectivity index (χ3n) is 2.72. The third-order valence-corrected chi connectivity index (χ3v) is 3.94. The van der Waals surface area contributed by atoms with Gasteiger partial charge in [-0.1, -0.05) is 32.6 Å². The zero-order valence-corrected chi connectivity index (χ0v) is 12.6. The van der Waals surface area contributed by atoms with E-state index in [4.69, 9.17) is 4.74 Å². The third kappa shape index (κ3) is 10.9. The molecule has 0 saturated heterocycles. The number of carbonyl (C=O) groups excluding carboxylic acids is 1. The van der Waals surface area contributed by atoms with Crippen LogP contribution in [0.2, 0.25) is 0 Å². The lowest BCUT2D eigenvalue weighted by Gasteiger charge is -2.10. The standard InChI is InChI=1S/C14H27FO2S/c1-3-4-11-17-14(16)13(2)18-12-9-7-5-6-8-10-15/h13H,3-12H2,1-2H3. The van der Waals surface area contributed by atoms with E-state index in [2.05, 4.69) is 6.92 Å². The Labute approximate surface area is 115 Å². The van der Waals surface area contributed by atoms with Crippen molar-refractivity contribution in [2.24, 2.45) is 0 Å². The van der Waals surface area contributed by atoms with E-state index < -0.39 is 0 Å². The number of hydrogen-bond donors (Lipinski definition) is 0. The van der Waals surface area contributed by atoms with Crippen molar-refractivity contribution in [1.29, 1.82) is 0 Å². The number of ether oxygens (including phenoxy) is 1. The summed E-state index contributed by atoms with van der Waals surface area (Å²) < 4.78 is 17.0. The van der Waals surface area contributed by atoms with Crippen molar-refractivity contribution in [2.45, 2.75) is 64.0 Å². The lowest BCUT2D eigenvalue weighted by molar-refractivity contribution is -0.142.